The zero-order valence-corrected chi connectivity index (χ0v) is 9.57. The Hall–Kier alpha value is -2.09. The molecule has 1 aromatic rings. The quantitative estimate of drug-likeness (QED) is 0.684. The summed E-state index contributed by atoms with van der Waals surface area (Å²) in [6, 6.07) is 10.2. The average Bonchev–Trinajstić information content (AvgIpc) is 2.82. The molecule has 0 spiro atoms. The Morgan fingerprint density at radius 1 is 1.24 bits per heavy atom. The van der Waals surface area contributed by atoms with Crippen molar-refractivity contribution in [1.29, 1.82) is 0 Å². The van der Waals surface area contributed by atoms with Crippen LogP contribution in [0.15, 0.2) is 58.9 Å². The van der Waals surface area contributed by atoms with E-state index in [1.165, 1.54) is 11.1 Å². The molecule has 0 saturated carbocycles. The van der Waals surface area contributed by atoms with Crippen LogP contribution in [-0.4, -0.2) is 5.97 Å². The lowest BCUT2D eigenvalue weighted by Crippen LogP contribution is -1.95. The van der Waals surface area contributed by atoms with E-state index in [0.29, 0.717) is 0 Å². The first-order valence-corrected chi connectivity index (χ1v) is 5.63. The highest BCUT2D eigenvalue weighted by atomic mass is 16.5. The van der Waals surface area contributed by atoms with Crippen molar-refractivity contribution in [3.8, 4) is 0 Å². The molecule has 2 aliphatic rings. The van der Waals surface area contributed by atoms with Gasteiger partial charge in [0, 0.05) is 17.6 Å². The Morgan fingerprint density at radius 2 is 2.00 bits per heavy atom. The van der Waals surface area contributed by atoms with Gasteiger partial charge in [-0.1, -0.05) is 36.4 Å². The number of carbonyl (C=O) groups excluding carboxylic acids is 1. The fourth-order valence-electron chi connectivity index (χ4n) is 2.16. The molecule has 0 amide bonds. The van der Waals surface area contributed by atoms with E-state index in [2.05, 4.69) is 18.2 Å². The van der Waals surface area contributed by atoms with Crippen LogP contribution in [0.25, 0.3) is 6.08 Å². The molecule has 0 N–H and O–H groups in total. The highest BCUT2D eigenvalue weighted by molar-refractivity contribution is 5.95. The molecular formula is C15H12O2. The van der Waals surface area contributed by atoms with Crippen molar-refractivity contribution in [2.24, 2.45) is 0 Å². The molecule has 1 aromatic carbocycles. The molecule has 1 heterocycles. The van der Waals surface area contributed by atoms with E-state index in [4.69, 9.17) is 4.74 Å². The van der Waals surface area contributed by atoms with Gasteiger partial charge in [-0.15, -0.1) is 0 Å². The van der Waals surface area contributed by atoms with Crippen molar-refractivity contribution >= 4 is 12.0 Å². The number of benzene rings is 1. The van der Waals surface area contributed by atoms with Crippen LogP contribution < -0.4 is 0 Å². The predicted molar refractivity (Wildman–Crippen MR) is 65.9 cm³/mol. The van der Waals surface area contributed by atoms with E-state index in [1.807, 2.05) is 31.2 Å². The maximum Gasteiger partial charge on any atom is 0.339 e. The summed E-state index contributed by atoms with van der Waals surface area (Å²) in [4.78, 5) is 11.3. The van der Waals surface area contributed by atoms with Gasteiger partial charge in [0.25, 0.3) is 0 Å². The highest BCUT2D eigenvalue weighted by Crippen LogP contribution is 2.38. The van der Waals surface area contributed by atoms with Gasteiger partial charge in [0.1, 0.15) is 5.76 Å². The topological polar surface area (TPSA) is 26.3 Å². The molecule has 2 nitrogen and oxygen atoms in total. The van der Waals surface area contributed by atoms with E-state index in [9.17, 15) is 4.79 Å². The SMILES string of the molecule is CC1=C2C/C(=C/c3ccccc3)C=C2OC1=O. The van der Waals surface area contributed by atoms with Crippen LogP contribution in [-0.2, 0) is 9.53 Å². The zero-order valence-electron chi connectivity index (χ0n) is 9.57. The second-order valence-corrected chi connectivity index (χ2v) is 4.31. The van der Waals surface area contributed by atoms with Gasteiger partial charge in [0.2, 0.25) is 0 Å². The first-order valence-electron chi connectivity index (χ1n) is 5.63. The van der Waals surface area contributed by atoms with Crippen molar-refractivity contribution in [1.82, 2.24) is 0 Å². The minimum Gasteiger partial charge on any atom is -0.423 e. The fraction of sp³-hybridized carbons (Fsp3) is 0.133. The molecule has 0 unspecified atom stereocenters. The van der Waals surface area contributed by atoms with Crippen molar-refractivity contribution in [2.75, 3.05) is 0 Å². The number of esters is 1. The zero-order chi connectivity index (χ0) is 11.8. The first-order chi connectivity index (χ1) is 8.24. The third kappa shape index (κ3) is 1.72. The van der Waals surface area contributed by atoms with Gasteiger partial charge in [-0.2, -0.15) is 0 Å². The molecule has 0 aromatic heterocycles. The number of rotatable bonds is 1. The largest absolute Gasteiger partial charge is 0.423 e. The van der Waals surface area contributed by atoms with Crippen LogP contribution in [0.2, 0.25) is 0 Å². The second-order valence-electron chi connectivity index (χ2n) is 4.31. The molecule has 1 aliphatic carbocycles. The van der Waals surface area contributed by atoms with Gasteiger partial charge in [-0.25, -0.2) is 4.79 Å². The van der Waals surface area contributed by atoms with Crippen LogP contribution >= 0.6 is 0 Å². The average molecular weight is 224 g/mol. The third-order valence-electron chi connectivity index (χ3n) is 3.11. The number of allylic oxidation sites excluding steroid dienone is 3. The van der Waals surface area contributed by atoms with Crippen molar-refractivity contribution in [3.05, 3.63) is 64.4 Å². The maximum absolute atomic E-state index is 11.3. The third-order valence-corrected chi connectivity index (χ3v) is 3.11. The Kier molecular flexibility index (Phi) is 2.22. The Balaban J connectivity index is 1.93. The molecule has 1 aliphatic heterocycles. The number of hydrogen-bond donors (Lipinski definition) is 0. The van der Waals surface area contributed by atoms with Gasteiger partial charge in [-0.05, 0) is 24.1 Å². The molecule has 0 fully saturated rings. The van der Waals surface area contributed by atoms with Crippen LogP contribution in [0, 0.1) is 0 Å². The van der Waals surface area contributed by atoms with E-state index in [0.717, 1.165) is 23.3 Å². The number of ether oxygens (including phenoxy) is 1. The lowest BCUT2D eigenvalue weighted by atomic mass is 10.1. The van der Waals surface area contributed by atoms with Crippen LogP contribution in [0.4, 0.5) is 0 Å². The van der Waals surface area contributed by atoms with E-state index >= 15 is 0 Å². The molecule has 3 rings (SSSR count). The van der Waals surface area contributed by atoms with Gasteiger partial charge < -0.3 is 4.74 Å². The fourth-order valence-corrected chi connectivity index (χ4v) is 2.16. The molecule has 0 saturated heterocycles. The van der Waals surface area contributed by atoms with E-state index < -0.39 is 0 Å². The van der Waals surface area contributed by atoms with Crippen molar-refractivity contribution in [2.45, 2.75) is 13.3 Å². The number of carbonyl (C=O) groups is 1. The number of fused-ring (bicyclic) bond motifs is 1. The normalized spacial score (nSPS) is 20.6. The summed E-state index contributed by atoms with van der Waals surface area (Å²) < 4.78 is 5.17. The molecule has 17 heavy (non-hydrogen) atoms. The summed E-state index contributed by atoms with van der Waals surface area (Å²) in [6.07, 6.45) is 4.87. The smallest absolute Gasteiger partial charge is 0.339 e. The Morgan fingerprint density at radius 3 is 2.71 bits per heavy atom. The van der Waals surface area contributed by atoms with Crippen molar-refractivity contribution < 1.29 is 9.53 Å². The number of hydrogen-bond acceptors (Lipinski definition) is 2. The second kappa shape index (κ2) is 3.74. The van der Waals surface area contributed by atoms with E-state index in [1.54, 1.807) is 0 Å². The molecule has 0 atom stereocenters. The monoisotopic (exact) mass is 224 g/mol. The molecule has 0 bridgehead atoms. The summed E-state index contributed by atoms with van der Waals surface area (Å²) in [7, 11) is 0. The Bertz CT molecular complexity index is 574. The first kappa shape index (κ1) is 10.1. The summed E-state index contributed by atoms with van der Waals surface area (Å²) in [5.74, 6) is 0.527. The lowest BCUT2D eigenvalue weighted by molar-refractivity contribution is -0.133. The van der Waals surface area contributed by atoms with Gasteiger partial charge >= 0.3 is 5.97 Å². The predicted octanol–water partition coefficient (Wildman–Crippen LogP) is 3.23. The van der Waals surface area contributed by atoms with Gasteiger partial charge in [0.15, 0.2) is 0 Å². The molecule has 84 valence electrons. The van der Waals surface area contributed by atoms with Gasteiger partial charge in [0.05, 0.1) is 0 Å². The van der Waals surface area contributed by atoms with Gasteiger partial charge in [-0.3, -0.25) is 0 Å². The summed E-state index contributed by atoms with van der Waals surface area (Å²) >= 11 is 0. The molecule has 2 heteroatoms. The van der Waals surface area contributed by atoms with Crippen LogP contribution in [0.5, 0.6) is 0 Å². The van der Waals surface area contributed by atoms with E-state index in [-0.39, 0.29) is 5.97 Å². The minimum atomic E-state index is -0.204. The minimum absolute atomic E-state index is 0.204. The van der Waals surface area contributed by atoms with Crippen LogP contribution in [0.3, 0.4) is 0 Å². The standard InChI is InChI=1S/C15H12O2/c1-10-13-8-12(9-14(13)17-15(10)16)7-11-5-3-2-4-6-11/h2-7,9H,8H2,1H3/b12-7-. The van der Waals surface area contributed by atoms with Crippen LogP contribution in [0.1, 0.15) is 18.9 Å². The maximum atomic E-state index is 11.3. The highest BCUT2D eigenvalue weighted by Gasteiger charge is 2.30. The summed E-state index contributed by atoms with van der Waals surface area (Å²) in [6.45, 7) is 1.82. The summed E-state index contributed by atoms with van der Waals surface area (Å²) in [5, 5.41) is 0. The van der Waals surface area contributed by atoms with Crippen molar-refractivity contribution in [3.63, 3.8) is 0 Å². The molecular weight excluding hydrogens is 212 g/mol. The lowest BCUT2D eigenvalue weighted by Gasteiger charge is -1.96. The summed E-state index contributed by atoms with van der Waals surface area (Å²) in [5.41, 5.74) is 4.14. The Labute approximate surface area is 99.9 Å². The molecule has 0 radical (unpaired) electrons.